The van der Waals surface area contributed by atoms with Crippen molar-refractivity contribution in [2.45, 2.75) is 20.0 Å². The van der Waals surface area contributed by atoms with Gasteiger partial charge in [-0.1, -0.05) is 0 Å². The SMILES string of the molecule is Cc1[nH]c(=O)cc(OC(F)(F)F)c1CF. The fourth-order valence-electron chi connectivity index (χ4n) is 1.07. The second-order valence-electron chi connectivity index (χ2n) is 2.78. The summed E-state index contributed by atoms with van der Waals surface area (Å²) in [5, 5.41) is 0. The predicted molar refractivity (Wildman–Crippen MR) is 43.3 cm³/mol. The van der Waals surface area contributed by atoms with Crippen LogP contribution < -0.4 is 10.3 Å². The van der Waals surface area contributed by atoms with Crippen LogP contribution in [0.5, 0.6) is 5.75 Å². The number of ether oxygens (including phenoxy) is 1. The van der Waals surface area contributed by atoms with Crippen LogP contribution >= 0.6 is 0 Å². The highest BCUT2D eigenvalue weighted by molar-refractivity contribution is 5.34. The van der Waals surface area contributed by atoms with Crippen molar-refractivity contribution in [3.05, 3.63) is 27.7 Å². The van der Waals surface area contributed by atoms with Crippen molar-refractivity contribution in [1.29, 1.82) is 0 Å². The van der Waals surface area contributed by atoms with Crippen molar-refractivity contribution in [2.24, 2.45) is 0 Å². The molecule has 0 fully saturated rings. The van der Waals surface area contributed by atoms with Crippen LogP contribution in [0.25, 0.3) is 0 Å². The van der Waals surface area contributed by atoms with Crippen molar-refractivity contribution in [3.63, 3.8) is 0 Å². The third-order valence-electron chi connectivity index (χ3n) is 1.68. The van der Waals surface area contributed by atoms with Gasteiger partial charge in [-0.2, -0.15) is 0 Å². The molecule has 0 bridgehead atoms. The van der Waals surface area contributed by atoms with Crippen LogP contribution in [0, 0.1) is 6.92 Å². The maximum atomic E-state index is 12.4. The standard InChI is InChI=1S/C8H7F4NO2/c1-4-5(3-9)6(2-7(14)13-4)15-8(10,11)12/h2H,3H2,1H3,(H,13,14). The summed E-state index contributed by atoms with van der Waals surface area (Å²) in [5.74, 6) is -0.800. The summed E-state index contributed by atoms with van der Waals surface area (Å²) < 4.78 is 51.5. The number of nitrogens with one attached hydrogen (secondary N) is 1. The van der Waals surface area contributed by atoms with Crippen molar-refractivity contribution >= 4 is 0 Å². The third-order valence-corrected chi connectivity index (χ3v) is 1.68. The Morgan fingerprint density at radius 2 is 2.07 bits per heavy atom. The summed E-state index contributed by atoms with van der Waals surface area (Å²) in [6.07, 6.45) is -4.94. The lowest BCUT2D eigenvalue weighted by Crippen LogP contribution is -2.20. The maximum absolute atomic E-state index is 12.4. The lowest BCUT2D eigenvalue weighted by molar-refractivity contribution is -0.275. The van der Waals surface area contributed by atoms with Crippen LogP contribution in [0.1, 0.15) is 11.3 Å². The van der Waals surface area contributed by atoms with Gasteiger partial charge in [0.2, 0.25) is 0 Å². The highest BCUT2D eigenvalue weighted by atomic mass is 19.4. The largest absolute Gasteiger partial charge is 0.573 e. The Bertz CT molecular complexity index is 410. The summed E-state index contributed by atoms with van der Waals surface area (Å²) in [6, 6.07) is 0.565. The first-order valence-electron chi connectivity index (χ1n) is 3.88. The zero-order valence-corrected chi connectivity index (χ0v) is 7.61. The van der Waals surface area contributed by atoms with E-state index in [4.69, 9.17) is 0 Å². The first-order valence-corrected chi connectivity index (χ1v) is 3.88. The minimum absolute atomic E-state index is 0.0178. The average molecular weight is 225 g/mol. The van der Waals surface area contributed by atoms with Gasteiger partial charge in [0.15, 0.2) is 0 Å². The lowest BCUT2D eigenvalue weighted by atomic mass is 10.2. The van der Waals surface area contributed by atoms with Crippen molar-refractivity contribution in [1.82, 2.24) is 4.98 Å². The van der Waals surface area contributed by atoms with E-state index in [1.54, 1.807) is 0 Å². The molecule has 0 unspecified atom stereocenters. The molecule has 0 amide bonds. The zero-order chi connectivity index (χ0) is 11.6. The fraction of sp³-hybridized carbons (Fsp3) is 0.375. The van der Waals surface area contributed by atoms with Crippen molar-refractivity contribution < 1.29 is 22.3 Å². The van der Waals surface area contributed by atoms with Crippen LogP contribution in [0.2, 0.25) is 0 Å². The Balaban J connectivity index is 3.21. The normalized spacial score (nSPS) is 11.5. The molecule has 1 rings (SSSR count). The van der Waals surface area contributed by atoms with Crippen LogP contribution in [-0.4, -0.2) is 11.3 Å². The molecule has 15 heavy (non-hydrogen) atoms. The molecule has 0 spiro atoms. The highest BCUT2D eigenvalue weighted by Gasteiger charge is 2.32. The van der Waals surface area contributed by atoms with E-state index in [1.807, 2.05) is 0 Å². The Morgan fingerprint density at radius 1 is 1.47 bits per heavy atom. The van der Waals surface area contributed by atoms with Gasteiger partial charge in [0.1, 0.15) is 12.4 Å². The van der Waals surface area contributed by atoms with E-state index in [0.29, 0.717) is 6.07 Å². The van der Waals surface area contributed by atoms with Gasteiger partial charge in [0, 0.05) is 17.3 Å². The Hall–Kier alpha value is -1.53. The van der Waals surface area contributed by atoms with Gasteiger partial charge in [-0.25, -0.2) is 4.39 Å². The van der Waals surface area contributed by atoms with Crippen LogP contribution in [0.3, 0.4) is 0 Å². The number of pyridine rings is 1. The molecule has 3 nitrogen and oxygen atoms in total. The van der Waals surface area contributed by atoms with E-state index in [2.05, 4.69) is 9.72 Å². The first kappa shape index (κ1) is 11.5. The van der Waals surface area contributed by atoms with Gasteiger partial charge in [0.25, 0.3) is 5.56 Å². The number of halogens is 4. The van der Waals surface area contributed by atoms with Gasteiger partial charge in [0.05, 0.1) is 0 Å². The maximum Gasteiger partial charge on any atom is 0.573 e. The van der Waals surface area contributed by atoms with Gasteiger partial charge >= 0.3 is 6.36 Å². The molecule has 0 saturated heterocycles. The molecular weight excluding hydrogens is 218 g/mol. The molecule has 1 aromatic heterocycles. The monoisotopic (exact) mass is 225 g/mol. The summed E-state index contributed by atoms with van der Waals surface area (Å²) in [7, 11) is 0. The smallest absolute Gasteiger partial charge is 0.405 e. The number of aromatic nitrogens is 1. The average Bonchev–Trinajstić information content (AvgIpc) is 1.99. The molecule has 0 radical (unpaired) electrons. The molecule has 0 aromatic carbocycles. The zero-order valence-electron chi connectivity index (χ0n) is 7.61. The van der Waals surface area contributed by atoms with E-state index in [1.165, 1.54) is 6.92 Å². The van der Waals surface area contributed by atoms with E-state index < -0.39 is 24.3 Å². The molecule has 0 saturated carbocycles. The first-order chi connectivity index (χ1) is 6.83. The number of hydrogen-bond acceptors (Lipinski definition) is 2. The fourth-order valence-corrected chi connectivity index (χ4v) is 1.07. The second kappa shape index (κ2) is 3.92. The summed E-state index contributed by atoms with van der Waals surface area (Å²) in [6.45, 7) is 0.146. The number of H-pyrrole nitrogens is 1. The lowest BCUT2D eigenvalue weighted by Gasteiger charge is -2.12. The third kappa shape index (κ3) is 2.97. The Morgan fingerprint density at radius 3 is 2.53 bits per heavy atom. The summed E-state index contributed by atoms with van der Waals surface area (Å²) in [4.78, 5) is 13.0. The van der Waals surface area contributed by atoms with Gasteiger partial charge in [-0.3, -0.25) is 4.79 Å². The number of aryl methyl sites for hydroxylation is 1. The van der Waals surface area contributed by atoms with Gasteiger partial charge < -0.3 is 9.72 Å². The number of hydrogen-bond donors (Lipinski definition) is 1. The number of alkyl halides is 4. The molecular formula is C8H7F4NO2. The number of aromatic amines is 1. The van der Waals surface area contributed by atoms with E-state index >= 15 is 0 Å². The molecule has 1 N–H and O–H groups in total. The molecule has 7 heteroatoms. The molecule has 0 atom stereocenters. The van der Waals surface area contributed by atoms with Crippen LogP contribution in [0.15, 0.2) is 10.9 Å². The number of rotatable bonds is 2. The Labute approximate surface area is 81.7 Å². The second-order valence-corrected chi connectivity index (χ2v) is 2.78. The van der Waals surface area contributed by atoms with E-state index in [9.17, 15) is 22.4 Å². The van der Waals surface area contributed by atoms with Gasteiger partial charge in [-0.05, 0) is 6.92 Å². The molecule has 84 valence electrons. The molecule has 0 aliphatic rings. The summed E-state index contributed by atoms with van der Waals surface area (Å²) in [5.41, 5.74) is -1.07. The molecule has 1 aromatic rings. The quantitative estimate of drug-likeness (QED) is 0.782. The highest BCUT2D eigenvalue weighted by Crippen LogP contribution is 2.26. The minimum atomic E-state index is -4.94. The van der Waals surface area contributed by atoms with Crippen molar-refractivity contribution in [3.8, 4) is 5.75 Å². The van der Waals surface area contributed by atoms with E-state index in [-0.39, 0.29) is 11.3 Å². The van der Waals surface area contributed by atoms with Gasteiger partial charge in [-0.15, -0.1) is 13.2 Å². The molecule has 0 aliphatic carbocycles. The minimum Gasteiger partial charge on any atom is -0.405 e. The Kier molecular flexibility index (Phi) is 3.01. The van der Waals surface area contributed by atoms with E-state index in [0.717, 1.165) is 0 Å². The molecule has 1 heterocycles. The topological polar surface area (TPSA) is 42.1 Å². The predicted octanol–water partition coefficient (Wildman–Crippen LogP) is 2.05. The van der Waals surface area contributed by atoms with Crippen LogP contribution in [-0.2, 0) is 6.67 Å². The summed E-state index contributed by atoms with van der Waals surface area (Å²) >= 11 is 0. The molecule has 0 aliphatic heterocycles. The van der Waals surface area contributed by atoms with Crippen LogP contribution in [0.4, 0.5) is 17.6 Å². The van der Waals surface area contributed by atoms with Crippen molar-refractivity contribution in [2.75, 3.05) is 0 Å².